The molecule has 0 radical (unpaired) electrons. The lowest BCUT2D eigenvalue weighted by Crippen LogP contribution is -2.34. The van der Waals surface area contributed by atoms with Crippen molar-refractivity contribution in [3.63, 3.8) is 0 Å². The Morgan fingerprint density at radius 2 is 2.04 bits per heavy atom. The quantitative estimate of drug-likeness (QED) is 0.300. The molecule has 0 aromatic heterocycles. The molecule has 0 saturated heterocycles. The fraction of sp³-hybridized carbons (Fsp3) is 0.222. The Kier molecular flexibility index (Phi) is 6.67. The van der Waals surface area contributed by atoms with Crippen molar-refractivity contribution in [3.05, 3.63) is 58.1 Å². The van der Waals surface area contributed by atoms with E-state index in [1.54, 1.807) is 24.3 Å². The van der Waals surface area contributed by atoms with Crippen LogP contribution in [0, 0.1) is 16.0 Å². The van der Waals surface area contributed by atoms with Gasteiger partial charge in [0.1, 0.15) is 11.5 Å². The van der Waals surface area contributed by atoms with Crippen LogP contribution in [0.3, 0.4) is 0 Å². The summed E-state index contributed by atoms with van der Waals surface area (Å²) in [5.41, 5.74) is 0.131. The van der Waals surface area contributed by atoms with Gasteiger partial charge in [-0.1, -0.05) is 19.9 Å². The summed E-state index contributed by atoms with van der Waals surface area (Å²) in [6.45, 7) is 4.56. The Labute approximate surface area is 161 Å². The van der Waals surface area contributed by atoms with Gasteiger partial charge in [0.2, 0.25) is 0 Å². The molecule has 0 unspecified atom stereocenters. The van der Waals surface area contributed by atoms with Crippen molar-refractivity contribution in [1.82, 2.24) is 5.32 Å². The van der Waals surface area contributed by atoms with E-state index in [1.807, 2.05) is 13.8 Å². The summed E-state index contributed by atoms with van der Waals surface area (Å²) in [6, 6.07) is 10.1. The summed E-state index contributed by atoms with van der Waals surface area (Å²) in [5.74, 6) is 0.196. The van der Waals surface area contributed by atoms with Gasteiger partial charge in [0.25, 0.3) is 11.6 Å². The van der Waals surface area contributed by atoms with Gasteiger partial charge >= 0.3 is 0 Å². The fourth-order valence-electron chi connectivity index (χ4n) is 2.06. The smallest absolute Gasteiger partial charge is 0.271 e. The number of rotatable bonds is 6. The number of ether oxygens (including phenoxy) is 1. The average Bonchev–Trinajstić information content (AvgIpc) is 2.61. The fourth-order valence-corrected chi connectivity index (χ4v) is 2.26. The highest BCUT2D eigenvalue weighted by Crippen LogP contribution is 2.27. The number of carbonyl (C=O) groups excluding carboxylic acids is 1. The number of aromatic hydroxyl groups is 1. The number of thiocarbonyl (C=S) groups is 1. The van der Waals surface area contributed by atoms with Gasteiger partial charge < -0.3 is 15.2 Å². The van der Waals surface area contributed by atoms with Crippen LogP contribution in [0.15, 0.2) is 42.5 Å². The number of nitrogens with zero attached hydrogens (tertiary/aromatic N) is 1. The molecule has 0 saturated carbocycles. The SMILES string of the molecule is CC(C)COc1cccc(C(=O)NC(=S)Nc2cc([N+](=O)[O-])ccc2O)c1. The lowest BCUT2D eigenvalue weighted by molar-refractivity contribution is -0.384. The third kappa shape index (κ3) is 5.93. The van der Waals surface area contributed by atoms with E-state index in [0.29, 0.717) is 23.8 Å². The lowest BCUT2D eigenvalue weighted by atomic mass is 10.2. The highest BCUT2D eigenvalue weighted by atomic mass is 32.1. The molecule has 1 amide bonds. The normalized spacial score (nSPS) is 10.3. The summed E-state index contributed by atoms with van der Waals surface area (Å²) < 4.78 is 5.58. The van der Waals surface area contributed by atoms with Crippen LogP contribution in [0.2, 0.25) is 0 Å². The monoisotopic (exact) mass is 389 g/mol. The number of nitro groups is 1. The molecule has 0 spiro atoms. The Balaban J connectivity index is 2.04. The molecule has 142 valence electrons. The maximum Gasteiger partial charge on any atom is 0.271 e. The first-order valence-electron chi connectivity index (χ1n) is 8.09. The molecule has 3 N–H and O–H groups in total. The molecule has 0 aliphatic carbocycles. The van der Waals surface area contributed by atoms with Gasteiger partial charge in [-0.05, 0) is 42.4 Å². The van der Waals surface area contributed by atoms with Crippen molar-refractivity contribution < 1.29 is 19.6 Å². The van der Waals surface area contributed by atoms with Crippen LogP contribution in [0.25, 0.3) is 0 Å². The molecule has 9 heteroatoms. The van der Waals surface area contributed by atoms with Crippen LogP contribution in [0.1, 0.15) is 24.2 Å². The van der Waals surface area contributed by atoms with E-state index < -0.39 is 10.8 Å². The predicted octanol–water partition coefficient (Wildman–Crippen LogP) is 3.46. The van der Waals surface area contributed by atoms with Gasteiger partial charge in [-0.15, -0.1) is 0 Å². The Morgan fingerprint density at radius 1 is 1.30 bits per heavy atom. The maximum atomic E-state index is 12.3. The highest BCUT2D eigenvalue weighted by Gasteiger charge is 2.14. The highest BCUT2D eigenvalue weighted by molar-refractivity contribution is 7.80. The van der Waals surface area contributed by atoms with Gasteiger partial charge in [0, 0.05) is 17.7 Å². The predicted molar refractivity (Wildman–Crippen MR) is 105 cm³/mol. The first-order chi connectivity index (χ1) is 12.8. The van der Waals surface area contributed by atoms with Crippen molar-refractivity contribution in [2.75, 3.05) is 11.9 Å². The zero-order chi connectivity index (χ0) is 20.0. The third-order valence-corrected chi connectivity index (χ3v) is 3.55. The van der Waals surface area contributed by atoms with Crippen LogP contribution < -0.4 is 15.4 Å². The molecule has 0 fully saturated rings. The third-order valence-electron chi connectivity index (χ3n) is 3.35. The van der Waals surface area contributed by atoms with E-state index in [4.69, 9.17) is 17.0 Å². The van der Waals surface area contributed by atoms with E-state index in [1.165, 1.54) is 6.07 Å². The second-order valence-corrected chi connectivity index (χ2v) is 6.51. The van der Waals surface area contributed by atoms with E-state index in [9.17, 15) is 20.0 Å². The first-order valence-corrected chi connectivity index (χ1v) is 8.49. The number of hydrogen-bond acceptors (Lipinski definition) is 6. The van der Waals surface area contributed by atoms with E-state index in [2.05, 4.69) is 10.6 Å². The molecular formula is C18H19N3O5S. The van der Waals surface area contributed by atoms with E-state index >= 15 is 0 Å². The number of nitrogens with one attached hydrogen (secondary N) is 2. The minimum atomic E-state index is -0.602. The minimum Gasteiger partial charge on any atom is -0.506 e. The zero-order valence-corrected chi connectivity index (χ0v) is 15.6. The summed E-state index contributed by atoms with van der Waals surface area (Å²) >= 11 is 5.04. The van der Waals surface area contributed by atoms with Gasteiger partial charge in [-0.25, -0.2) is 0 Å². The number of phenolic OH excluding ortho intramolecular Hbond substituents is 1. The Hall–Kier alpha value is -3.20. The topological polar surface area (TPSA) is 114 Å². The average molecular weight is 389 g/mol. The van der Waals surface area contributed by atoms with E-state index in [0.717, 1.165) is 12.1 Å². The Morgan fingerprint density at radius 3 is 2.70 bits per heavy atom. The minimum absolute atomic E-state index is 0.0171. The maximum absolute atomic E-state index is 12.3. The van der Waals surface area contributed by atoms with Crippen LogP contribution in [-0.2, 0) is 0 Å². The molecular weight excluding hydrogens is 370 g/mol. The Bertz CT molecular complexity index is 870. The van der Waals surface area contributed by atoms with Gasteiger partial charge in [0.05, 0.1) is 17.2 Å². The second-order valence-electron chi connectivity index (χ2n) is 6.10. The summed E-state index contributed by atoms with van der Waals surface area (Å²) in [5, 5.41) is 25.5. The van der Waals surface area contributed by atoms with Gasteiger partial charge in [0.15, 0.2) is 5.11 Å². The molecule has 2 aromatic carbocycles. The molecule has 8 nitrogen and oxygen atoms in total. The molecule has 2 aromatic rings. The summed E-state index contributed by atoms with van der Waals surface area (Å²) in [7, 11) is 0. The number of hydrogen-bond donors (Lipinski definition) is 3. The van der Waals surface area contributed by atoms with E-state index in [-0.39, 0.29) is 22.2 Å². The standard InChI is InChI=1S/C18H19N3O5S/c1-11(2)10-26-14-5-3-4-12(8-14)17(23)20-18(27)19-15-9-13(21(24)25)6-7-16(15)22/h3-9,11,22H,10H2,1-2H3,(H2,19,20,23,27). The van der Waals surface area contributed by atoms with Crippen molar-refractivity contribution in [2.24, 2.45) is 5.92 Å². The van der Waals surface area contributed by atoms with Crippen LogP contribution in [0.5, 0.6) is 11.5 Å². The number of phenols is 1. The zero-order valence-electron chi connectivity index (χ0n) is 14.8. The molecule has 27 heavy (non-hydrogen) atoms. The van der Waals surface area contributed by atoms with Crippen LogP contribution in [0.4, 0.5) is 11.4 Å². The number of carbonyl (C=O) groups is 1. The summed E-state index contributed by atoms with van der Waals surface area (Å²) in [6.07, 6.45) is 0. The number of non-ortho nitro benzene ring substituents is 1. The van der Waals surface area contributed by atoms with Gasteiger partial charge in [-0.3, -0.25) is 20.2 Å². The largest absolute Gasteiger partial charge is 0.506 e. The van der Waals surface area contributed by atoms with Crippen molar-refractivity contribution >= 4 is 34.6 Å². The summed E-state index contributed by atoms with van der Waals surface area (Å²) in [4.78, 5) is 22.6. The van der Waals surface area contributed by atoms with Crippen LogP contribution >= 0.6 is 12.2 Å². The molecule has 0 heterocycles. The first kappa shape index (κ1) is 20.1. The molecule has 2 rings (SSSR count). The molecule has 0 bridgehead atoms. The van der Waals surface area contributed by atoms with Crippen molar-refractivity contribution in [3.8, 4) is 11.5 Å². The number of benzene rings is 2. The lowest BCUT2D eigenvalue weighted by Gasteiger charge is -2.12. The molecule has 0 aliphatic heterocycles. The van der Waals surface area contributed by atoms with Crippen molar-refractivity contribution in [1.29, 1.82) is 0 Å². The second kappa shape index (κ2) is 8.95. The molecule has 0 atom stereocenters. The van der Waals surface area contributed by atoms with Crippen LogP contribution in [-0.4, -0.2) is 27.7 Å². The number of nitro benzene ring substituents is 1. The molecule has 0 aliphatic rings. The number of amides is 1. The van der Waals surface area contributed by atoms with Gasteiger partial charge in [-0.2, -0.15) is 0 Å². The van der Waals surface area contributed by atoms with Crippen molar-refractivity contribution in [2.45, 2.75) is 13.8 Å². The number of anilines is 1.